The monoisotopic (exact) mass is 340 g/mol. The van der Waals surface area contributed by atoms with Crippen LogP contribution in [0.1, 0.15) is 15.2 Å². The Morgan fingerprint density at radius 1 is 1.42 bits per heavy atom. The van der Waals surface area contributed by atoms with Gasteiger partial charge in [0, 0.05) is 15.9 Å². The van der Waals surface area contributed by atoms with E-state index in [9.17, 15) is 9.18 Å². The number of hydrogen-bond donors (Lipinski definition) is 1. The van der Waals surface area contributed by atoms with E-state index in [1.54, 1.807) is 18.2 Å². The first-order valence-electron chi connectivity index (χ1n) is 5.67. The summed E-state index contributed by atoms with van der Waals surface area (Å²) < 4.78 is 13.7. The van der Waals surface area contributed by atoms with Crippen LogP contribution in [0, 0.1) is 12.7 Å². The maximum Gasteiger partial charge on any atom is 0.261 e. The van der Waals surface area contributed by atoms with Gasteiger partial charge in [0.05, 0.1) is 4.88 Å². The van der Waals surface area contributed by atoms with Crippen LogP contribution in [0.15, 0.2) is 40.2 Å². The molecule has 99 valence electrons. The van der Waals surface area contributed by atoms with Gasteiger partial charge in [0.1, 0.15) is 5.82 Å². The molecule has 0 fully saturated rings. The minimum absolute atomic E-state index is 0.141. The molecular weight excluding hydrogens is 329 g/mol. The van der Waals surface area contributed by atoms with Crippen molar-refractivity contribution in [3.63, 3.8) is 0 Å². The van der Waals surface area contributed by atoms with E-state index in [1.807, 2.05) is 5.38 Å². The zero-order valence-electron chi connectivity index (χ0n) is 10.0. The lowest BCUT2D eigenvalue weighted by atomic mass is 10.1. The molecule has 0 aliphatic carbocycles. The predicted molar refractivity (Wildman–Crippen MR) is 78.7 cm³/mol. The van der Waals surface area contributed by atoms with Gasteiger partial charge in [-0.15, -0.1) is 11.3 Å². The second-order valence-corrected chi connectivity index (χ2v) is 5.96. The van der Waals surface area contributed by atoms with Gasteiger partial charge >= 0.3 is 0 Å². The van der Waals surface area contributed by atoms with Gasteiger partial charge in [-0.05, 0) is 53.0 Å². The van der Waals surface area contributed by atoms with Crippen molar-refractivity contribution in [1.82, 2.24) is 5.32 Å². The molecule has 0 saturated carbocycles. The quantitative estimate of drug-likeness (QED) is 0.900. The second-order valence-electron chi connectivity index (χ2n) is 4.13. The predicted octanol–water partition coefficient (Wildman–Crippen LogP) is 3.82. The highest BCUT2D eigenvalue weighted by Gasteiger charge is 2.12. The lowest BCUT2D eigenvalue weighted by Gasteiger charge is -2.13. The van der Waals surface area contributed by atoms with Crippen molar-refractivity contribution in [2.24, 2.45) is 0 Å². The van der Waals surface area contributed by atoms with Gasteiger partial charge in [-0.2, -0.15) is 0 Å². The summed E-state index contributed by atoms with van der Waals surface area (Å²) in [5.74, 6) is -0.408. The topological polar surface area (TPSA) is 29.1 Å². The minimum atomic E-state index is -0.267. The molecule has 0 bridgehead atoms. The Balaban J connectivity index is 1.92. The Labute approximate surface area is 123 Å². The van der Waals surface area contributed by atoms with Crippen molar-refractivity contribution in [2.45, 2.75) is 12.5 Å². The molecule has 2 rings (SSSR count). The fourth-order valence-electron chi connectivity index (χ4n) is 1.64. The first-order valence-corrected chi connectivity index (χ1v) is 7.34. The van der Waals surface area contributed by atoms with Crippen molar-refractivity contribution in [1.29, 1.82) is 0 Å². The van der Waals surface area contributed by atoms with Gasteiger partial charge in [0.15, 0.2) is 0 Å². The Bertz CT molecular complexity index is 567. The standard InChI is InChI=1S/C14H12BrFNOS/c1-9(6-10-2-4-12(16)5-3-10)17-14(18)13-7-11(15)8-19-13/h2-5,7-9H,1,6H2,(H,17,18)/t9-/m0/s1. The van der Waals surface area contributed by atoms with Crippen LogP contribution in [0.5, 0.6) is 0 Å². The summed E-state index contributed by atoms with van der Waals surface area (Å²) in [6.07, 6.45) is 0.568. The van der Waals surface area contributed by atoms with Crippen LogP contribution >= 0.6 is 27.3 Å². The van der Waals surface area contributed by atoms with Gasteiger partial charge in [0.25, 0.3) is 5.91 Å². The third-order valence-electron chi connectivity index (χ3n) is 2.52. The van der Waals surface area contributed by atoms with Crippen molar-refractivity contribution < 1.29 is 9.18 Å². The molecule has 0 aliphatic heterocycles. The Kier molecular flexibility index (Phi) is 4.71. The van der Waals surface area contributed by atoms with E-state index < -0.39 is 0 Å². The van der Waals surface area contributed by atoms with Crippen LogP contribution in [-0.2, 0) is 6.42 Å². The van der Waals surface area contributed by atoms with Crippen molar-refractivity contribution in [3.05, 3.63) is 63.4 Å². The van der Waals surface area contributed by atoms with Gasteiger partial charge in [-0.3, -0.25) is 4.79 Å². The van der Waals surface area contributed by atoms with E-state index in [2.05, 4.69) is 28.2 Å². The summed E-state index contributed by atoms with van der Waals surface area (Å²) >= 11 is 4.68. The van der Waals surface area contributed by atoms with E-state index in [0.29, 0.717) is 11.3 Å². The number of thiophene rings is 1. The summed E-state index contributed by atoms with van der Waals surface area (Å²) in [4.78, 5) is 12.5. The molecule has 1 aromatic heterocycles. The van der Waals surface area contributed by atoms with Gasteiger partial charge in [0.2, 0.25) is 0 Å². The van der Waals surface area contributed by atoms with Crippen LogP contribution < -0.4 is 5.32 Å². The number of nitrogens with one attached hydrogen (secondary N) is 1. The molecule has 1 amide bonds. The summed E-state index contributed by atoms with van der Waals surface area (Å²) in [6, 6.07) is 7.72. The highest BCUT2D eigenvalue weighted by atomic mass is 79.9. The van der Waals surface area contributed by atoms with Gasteiger partial charge in [-0.25, -0.2) is 4.39 Å². The number of carbonyl (C=O) groups is 1. The van der Waals surface area contributed by atoms with E-state index in [-0.39, 0.29) is 17.8 Å². The Morgan fingerprint density at radius 3 is 2.68 bits per heavy atom. The maximum absolute atomic E-state index is 12.8. The fourth-order valence-corrected chi connectivity index (χ4v) is 2.97. The molecule has 1 N–H and O–H groups in total. The Morgan fingerprint density at radius 2 is 2.11 bits per heavy atom. The average Bonchev–Trinajstić information content (AvgIpc) is 2.79. The van der Waals surface area contributed by atoms with Crippen molar-refractivity contribution in [2.75, 3.05) is 0 Å². The third-order valence-corrected chi connectivity index (χ3v) is 4.21. The zero-order valence-corrected chi connectivity index (χ0v) is 12.4. The Hall–Kier alpha value is -1.20. The molecule has 0 spiro atoms. The molecule has 1 radical (unpaired) electrons. The van der Waals surface area contributed by atoms with Crippen LogP contribution in [0.3, 0.4) is 0 Å². The molecule has 1 atom stereocenters. The molecule has 19 heavy (non-hydrogen) atoms. The number of hydrogen-bond acceptors (Lipinski definition) is 2. The molecule has 2 nitrogen and oxygen atoms in total. The molecule has 1 heterocycles. The molecule has 0 unspecified atom stereocenters. The number of halogens is 2. The first kappa shape index (κ1) is 14.2. The van der Waals surface area contributed by atoms with E-state index in [1.165, 1.54) is 23.5 Å². The second kappa shape index (κ2) is 6.30. The van der Waals surface area contributed by atoms with E-state index >= 15 is 0 Å². The largest absolute Gasteiger partial charge is 0.348 e. The SMILES string of the molecule is [CH2][C@@H](Cc1ccc(F)cc1)NC(=O)c1cc(Br)cs1. The van der Waals surface area contributed by atoms with Gasteiger partial charge in [-0.1, -0.05) is 12.1 Å². The summed E-state index contributed by atoms with van der Waals surface area (Å²) in [5, 5.41) is 4.67. The fraction of sp³-hybridized carbons (Fsp3) is 0.143. The number of amides is 1. The lowest BCUT2D eigenvalue weighted by molar-refractivity contribution is 0.0948. The minimum Gasteiger partial charge on any atom is -0.348 e. The van der Waals surface area contributed by atoms with Crippen molar-refractivity contribution in [3.8, 4) is 0 Å². The summed E-state index contributed by atoms with van der Waals surface area (Å²) in [6.45, 7) is 3.90. The van der Waals surface area contributed by atoms with Crippen LogP contribution in [0.4, 0.5) is 4.39 Å². The highest BCUT2D eigenvalue weighted by Crippen LogP contribution is 2.19. The first-order chi connectivity index (χ1) is 9.04. The smallest absolute Gasteiger partial charge is 0.261 e. The molecule has 0 saturated heterocycles. The molecule has 5 heteroatoms. The van der Waals surface area contributed by atoms with Crippen LogP contribution in [-0.4, -0.2) is 11.9 Å². The van der Waals surface area contributed by atoms with E-state index in [0.717, 1.165) is 10.0 Å². The maximum atomic E-state index is 12.8. The summed E-state index contributed by atoms with van der Waals surface area (Å²) in [7, 11) is 0. The molecule has 1 aromatic carbocycles. The zero-order chi connectivity index (χ0) is 13.8. The molecule has 0 aliphatic rings. The lowest BCUT2D eigenvalue weighted by Crippen LogP contribution is -2.33. The third kappa shape index (κ3) is 4.14. The number of rotatable bonds is 4. The van der Waals surface area contributed by atoms with Crippen LogP contribution in [0.25, 0.3) is 0 Å². The van der Waals surface area contributed by atoms with Gasteiger partial charge < -0.3 is 5.32 Å². The summed E-state index contributed by atoms with van der Waals surface area (Å²) in [5.41, 5.74) is 0.939. The normalized spacial score (nSPS) is 12.2. The molecule has 2 aromatic rings. The van der Waals surface area contributed by atoms with Crippen molar-refractivity contribution >= 4 is 33.2 Å². The average molecular weight is 341 g/mol. The molecular formula is C14H12BrFNOS. The highest BCUT2D eigenvalue weighted by molar-refractivity contribution is 9.10. The number of benzene rings is 1. The van der Waals surface area contributed by atoms with E-state index in [4.69, 9.17) is 0 Å². The van der Waals surface area contributed by atoms with Crippen LogP contribution in [0.2, 0.25) is 0 Å². The number of carbonyl (C=O) groups excluding carboxylic acids is 1.